The molecule has 0 unspecified atom stereocenters. The number of ether oxygens (including phenoxy) is 1. The first kappa shape index (κ1) is 19.9. The van der Waals surface area contributed by atoms with Crippen molar-refractivity contribution >= 4 is 24.0 Å². The van der Waals surface area contributed by atoms with Crippen molar-refractivity contribution in [3.8, 4) is 0 Å². The number of hydrogen-bond donors (Lipinski definition) is 2. The second kappa shape index (κ2) is 8.79. The second-order valence-corrected chi connectivity index (χ2v) is 5.84. The third-order valence-corrected chi connectivity index (χ3v) is 3.99. The fraction of sp³-hybridized carbons (Fsp3) is 0.263. The number of aryl methyl sites for hydroxylation is 2. The average Bonchev–Trinajstić information content (AvgIpc) is 2.90. The molecule has 142 valence electrons. The van der Waals surface area contributed by atoms with Crippen molar-refractivity contribution in [1.82, 2.24) is 20.4 Å². The molecule has 27 heavy (non-hydrogen) atoms. The third kappa shape index (κ3) is 5.04. The highest BCUT2D eigenvalue weighted by Gasteiger charge is 2.25. The van der Waals surface area contributed by atoms with Crippen LogP contribution in [-0.4, -0.2) is 34.7 Å². The van der Waals surface area contributed by atoms with Gasteiger partial charge in [-0.15, -0.1) is 0 Å². The van der Waals surface area contributed by atoms with Gasteiger partial charge < -0.3 is 10.1 Å². The molecule has 3 amide bonds. The molecule has 0 fully saturated rings. The number of imide groups is 1. The molecule has 0 saturated carbocycles. The molecular formula is C19H22N4O4. The van der Waals surface area contributed by atoms with Crippen LogP contribution in [0.4, 0.5) is 4.79 Å². The molecule has 0 aliphatic carbocycles. The Kier molecular flexibility index (Phi) is 6.48. The summed E-state index contributed by atoms with van der Waals surface area (Å²) in [5, 5.41) is 8.68. The number of esters is 1. The number of amides is 3. The van der Waals surface area contributed by atoms with Crippen LogP contribution < -0.4 is 10.6 Å². The summed E-state index contributed by atoms with van der Waals surface area (Å²) in [5.41, 5.74) is 2.93. The van der Waals surface area contributed by atoms with Gasteiger partial charge in [-0.25, -0.2) is 9.59 Å². The minimum atomic E-state index is -1.25. The van der Waals surface area contributed by atoms with Crippen molar-refractivity contribution in [3.05, 3.63) is 58.9 Å². The van der Waals surface area contributed by atoms with Crippen LogP contribution in [0.3, 0.4) is 0 Å². The van der Waals surface area contributed by atoms with Crippen LogP contribution in [-0.2, 0) is 21.4 Å². The van der Waals surface area contributed by atoms with Gasteiger partial charge in [0.2, 0.25) is 6.10 Å². The van der Waals surface area contributed by atoms with Gasteiger partial charge in [-0.05, 0) is 19.9 Å². The van der Waals surface area contributed by atoms with E-state index >= 15 is 0 Å². The van der Waals surface area contributed by atoms with Gasteiger partial charge in [0.05, 0.1) is 5.69 Å². The Morgan fingerprint density at radius 2 is 1.85 bits per heavy atom. The number of urea groups is 1. The summed E-state index contributed by atoms with van der Waals surface area (Å²) in [4.78, 5) is 36.0. The lowest BCUT2D eigenvalue weighted by atomic mass is 10.1. The van der Waals surface area contributed by atoms with Crippen molar-refractivity contribution in [2.24, 2.45) is 7.05 Å². The van der Waals surface area contributed by atoms with Crippen molar-refractivity contribution < 1.29 is 19.1 Å². The Morgan fingerprint density at radius 3 is 2.41 bits per heavy atom. The fourth-order valence-corrected chi connectivity index (χ4v) is 2.48. The average molecular weight is 370 g/mol. The van der Waals surface area contributed by atoms with E-state index in [-0.39, 0.29) is 0 Å². The fourth-order valence-electron chi connectivity index (χ4n) is 2.48. The molecule has 0 aliphatic rings. The molecular weight excluding hydrogens is 348 g/mol. The summed E-state index contributed by atoms with van der Waals surface area (Å²) in [7, 11) is 3.19. The topological polar surface area (TPSA) is 102 Å². The molecule has 2 N–H and O–H groups in total. The molecule has 1 atom stereocenters. The van der Waals surface area contributed by atoms with Crippen LogP contribution in [0.5, 0.6) is 0 Å². The maximum absolute atomic E-state index is 12.3. The number of carbonyl (C=O) groups excluding carboxylic acids is 3. The number of carbonyl (C=O) groups is 3. The van der Waals surface area contributed by atoms with E-state index in [0.717, 1.165) is 17.0 Å². The molecule has 1 heterocycles. The number of rotatable bonds is 5. The van der Waals surface area contributed by atoms with E-state index in [1.807, 2.05) is 20.9 Å². The maximum Gasteiger partial charge on any atom is 0.331 e. The first-order valence-corrected chi connectivity index (χ1v) is 8.30. The number of aromatic nitrogens is 2. The minimum Gasteiger partial charge on any atom is -0.444 e. The highest BCUT2D eigenvalue weighted by molar-refractivity contribution is 5.98. The lowest BCUT2D eigenvalue weighted by Crippen LogP contribution is -2.41. The molecule has 1 aromatic carbocycles. The van der Waals surface area contributed by atoms with Crippen molar-refractivity contribution in [3.63, 3.8) is 0 Å². The van der Waals surface area contributed by atoms with E-state index in [2.05, 4.69) is 15.7 Å². The molecule has 2 aromatic rings. The van der Waals surface area contributed by atoms with Gasteiger partial charge in [0.25, 0.3) is 5.91 Å². The molecule has 0 spiro atoms. The van der Waals surface area contributed by atoms with Crippen molar-refractivity contribution in [1.29, 1.82) is 0 Å². The zero-order chi connectivity index (χ0) is 20.0. The van der Waals surface area contributed by atoms with E-state index in [0.29, 0.717) is 5.56 Å². The van der Waals surface area contributed by atoms with Crippen LogP contribution in [0.2, 0.25) is 0 Å². The van der Waals surface area contributed by atoms with Crippen molar-refractivity contribution in [2.75, 3.05) is 7.05 Å². The van der Waals surface area contributed by atoms with Gasteiger partial charge in [0, 0.05) is 37.0 Å². The second-order valence-electron chi connectivity index (χ2n) is 5.84. The summed E-state index contributed by atoms with van der Waals surface area (Å²) in [6, 6.07) is 7.78. The Labute approximate surface area is 157 Å². The van der Waals surface area contributed by atoms with E-state index in [9.17, 15) is 14.4 Å². The summed E-state index contributed by atoms with van der Waals surface area (Å²) >= 11 is 0. The molecule has 2 rings (SSSR count). The zero-order valence-corrected chi connectivity index (χ0v) is 15.6. The van der Waals surface area contributed by atoms with Crippen LogP contribution >= 0.6 is 0 Å². The quantitative estimate of drug-likeness (QED) is 0.617. The van der Waals surface area contributed by atoms with Gasteiger partial charge in [-0.1, -0.05) is 30.3 Å². The largest absolute Gasteiger partial charge is 0.444 e. The predicted octanol–water partition coefficient (Wildman–Crippen LogP) is 1.79. The first-order chi connectivity index (χ1) is 12.8. The molecule has 8 heteroatoms. The Balaban J connectivity index is 2.19. The van der Waals surface area contributed by atoms with E-state index < -0.39 is 24.0 Å². The van der Waals surface area contributed by atoms with Crippen LogP contribution in [0, 0.1) is 13.8 Å². The van der Waals surface area contributed by atoms with Gasteiger partial charge in [0.15, 0.2) is 0 Å². The SMILES string of the molecule is CNC(=O)NC(=O)[C@H](OC(=O)/C=C\c1c(C)nn(C)c1C)c1ccccc1. The monoisotopic (exact) mass is 370 g/mol. The predicted molar refractivity (Wildman–Crippen MR) is 99.6 cm³/mol. The summed E-state index contributed by atoms with van der Waals surface area (Å²) in [6.45, 7) is 3.72. The smallest absolute Gasteiger partial charge is 0.331 e. The molecule has 0 aliphatic heterocycles. The van der Waals surface area contributed by atoms with Crippen LogP contribution in [0.15, 0.2) is 36.4 Å². The van der Waals surface area contributed by atoms with Crippen LogP contribution in [0.1, 0.15) is 28.6 Å². The van der Waals surface area contributed by atoms with Gasteiger partial charge >= 0.3 is 12.0 Å². The lowest BCUT2D eigenvalue weighted by molar-refractivity contribution is -0.151. The highest BCUT2D eigenvalue weighted by Crippen LogP contribution is 2.19. The Morgan fingerprint density at radius 1 is 1.19 bits per heavy atom. The standard InChI is InChI=1S/C19H22N4O4/c1-12-15(13(2)23(4)22-12)10-11-16(24)27-17(14-8-6-5-7-9-14)18(25)21-19(26)20-3/h5-11,17H,1-4H3,(H2,20,21,25,26)/b11-10-/t17-/m1/s1. The maximum atomic E-state index is 12.3. The number of benzene rings is 1. The van der Waals surface area contributed by atoms with Gasteiger partial charge in [-0.2, -0.15) is 5.10 Å². The highest BCUT2D eigenvalue weighted by atomic mass is 16.5. The van der Waals surface area contributed by atoms with E-state index in [4.69, 9.17) is 4.74 Å². The normalized spacial score (nSPS) is 11.9. The molecule has 0 bridgehead atoms. The van der Waals surface area contributed by atoms with E-state index in [1.54, 1.807) is 41.1 Å². The minimum absolute atomic E-state index is 0.453. The molecule has 0 saturated heterocycles. The third-order valence-electron chi connectivity index (χ3n) is 3.99. The number of nitrogens with one attached hydrogen (secondary N) is 2. The molecule has 8 nitrogen and oxygen atoms in total. The first-order valence-electron chi connectivity index (χ1n) is 8.30. The van der Waals surface area contributed by atoms with Gasteiger partial charge in [-0.3, -0.25) is 14.8 Å². The number of nitrogens with zero attached hydrogens (tertiary/aromatic N) is 2. The summed E-state index contributed by atoms with van der Waals surface area (Å²) in [6.07, 6.45) is 1.58. The van der Waals surface area contributed by atoms with Crippen molar-refractivity contribution in [2.45, 2.75) is 20.0 Å². The molecule has 0 radical (unpaired) electrons. The summed E-state index contributed by atoms with van der Waals surface area (Å²) < 4.78 is 7.02. The van der Waals surface area contributed by atoms with Gasteiger partial charge in [0.1, 0.15) is 0 Å². The summed E-state index contributed by atoms with van der Waals surface area (Å²) in [5.74, 6) is -1.45. The van der Waals surface area contributed by atoms with Crippen LogP contribution in [0.25, 0.3) is 6.08 Å². The zero-order valence-electron chi connectivity index (χ0n) is 15.6. The van der Waals surface area contributed by atoms with E-state index in [1.165, 1.54) is 13.1 Å². The number of hydrogen-bond acceptors (Lipinski definition) is 5. The molecule has 1 aromatic heterocycles. The Hall–Kier alpha value is -3.42. The lowest BCUT2D eigenvalue weighted by Gasteiger charge is -2.16. The Bertz CT molecular complexity index is 871.